The van der Waals surface area contributed by atoms with Gasteiger partial charge in [0.1, 0.15) is 0 Å². The van der Waals surface area contributed by atoms with Crippen LogP contribution in [0.4, 0.5) is 5.69 Å². The third kappa shape index (κ3) is 3.00. The minimum absolute atomic E-state index is 0.0369. The van der Waals surface area contributed by atoms with Gasteiger partial charge in [-0.25, -0.2) is 0 Å². The molecule has 148 valence electrons. The molecule has 0 spiro atoms. The average Bonchev–Trinajstić information content (AvgIpc) is 3.23. The third-order valence-corrected chi connectivity index (χ3v) is 5.02. The molecule has 0 radical (unpaired) electrons. The predicted octanol–water partition coefficient (Wildman–Crippen LogP) is 2.94. The molecular weight excluding hydrogens is 388 g/mol. The number of carbonyl (C=O) groups excluding carboxylic acids is 3. The molecule has 9 nitrogen and oxygen atoms in total. The Morgan fingerprint density at radius 2 is 1.83 bits per heavy atom. The first-order chi connectivity index (χ1) is 14.4. The van der Waals surface area contributed by atoms with Crippen LogP contribution in [0.3, 0.4) is 0 Å². The highest BCUT2D eigenvalue weighted by Crippen LogP contribution is 2.28. The number of para-hydroxylation sites is 1. The summed E-state index contributed by atoms with van der Waals surface area (Å²) < 4.78 is 1.79. The van der Waals surface area contributed by atoms with E-state index in [0.717, 1.165) is 22.5 Å². The van der Waals surface area contributed by atoms with Crippen molar-refractivity contribution >= 4 is 34.2 Å². The Morgan fingerprint density at radius 3 is 2.57 bits per heavy atom. The molecule has 0 saturated heterocycles. The zero-order valence-electron chi connectivity index (χ0n) is 15.6. The average molecular weight is 402 g/mol. The molecule has 0 N–H and O–H groups in total. The maximum atomic E-state index is 13.0. The van der Waals surface area contributed by atoms with Gasteiger partial charge in [-0.2, -0.15) is 5.26 Å². The molecule has 30 heavy (non-hydrogen) atoms. The van der Waals surface area contributed by atoms with Gasteiger partial charge in [-0.15, -0.1) is 0 Å². The third-order valence-electron chi connectivity index (χ3n) is 5.02. The number of imide groups is 1. The number of carbonyl (C=O) groups is 3. The van der Waals surface area contributed by atoms with Gasteiger partial charge in [0.05, 0.1) is 35.1 Å². The molecule has 9 heteroatoms. The van der Waals surface area contributed by atoms with Crippen molar-refractivity contribution in [2.45, 2.75) is 13.0 Å². The monoisotopic (exact) mass is 402 g/mol. The molecule has 0 unspecified atom stereocenters. The van der Waals surface area contributed by atoms with E-state index in [-0.39, 0.29) is 23.2 Å². The lowest BCUT2D eigenvalue weighted by Gasteiger charge is -2.12. The van der Waals surface area contributed by atoms with Gasteiger partial charge in [-0.3, -0.25) is 29.4 Å². The summed E-state index contributed by atoms with van der Waals surface area (Å²) in [5.74, 6) is -1.84. The highest BCUT2D eigenvalue weighted by molar-refractivity contribution is 6.23. The van der Waals surface area contributed by atoms with E-state index in [4.69, 9.17) is 5.26 Å². The first kappa shape index (κ1) is 19.0. The smallest absolute Gasteiger partial charge is 0.270 e. The highest BCUT2D eigenvalue weighted by Gasteiger charge is 2.38. The Labute approximate surface area is 169 Å². The van der Waals surface area contributed by atoms with Crippen molar-refractivity contribution < 1.29 is 19.3 Å². The van der Waals surface area contributed by atoms with Crippen LogP contribution in [0.1, 0.15) is 37.5 Å². The first-order valence-corrected chi connectivity index (χ1v) is 9.05. The van der Waals surface area contributed by atoms with Crippen molar-refractivity contribution in [3.05, 3.63) is 75.5 Å². The summed E-state index contributed by atoms with van der Waals surface area (Å²) in [5.41, 5.74) is 0.761. The zero-order valence-corrected chi connectivity index (χ0v) is 15.6. The van der Waals surface area contributed by atoms with Gasteiger partial charge in [0.25, 0.3) is 17.5 Å². The van der Waals surface area contributed by atoms with E-state index < -0.39 is 29.1 Å². The molecule has 2 amide bonds. The van der Waals surface area contributed by atoms with Crippen LogP contribution < -0.4 is 0 Å². The minimum atomic E-state index is -0.736. The highest BCUT2D eigenvalue weighted by atomic mass is 16.6. The number of fused-ring (bicyclic) bond motifs is 2. The zero-order chi connectivity index (χ0) is 21.4. The molecule has 1 aliphatic heterocycles. The molecule has 0 fully saturated rings. The Morgan fingerprint density at radius 1 is 1.10 bits per heavy atom. The number of hydrogen-bond donors (Lipinski definition) is 0. The van der Waals surface area contributed by atoms with Crippen molar-refractivity contribution in [2.75, 3.05) is 6.54 Å². The molecule has 0 bridgehead atoms. The molecule has 0 atom stereocenters. The number of amides is 2. The van der Waals surface area contributed by atoms with Crippen molar-refractivity contribution in [3.63, 3.8) is 0 Å². The topological polar surface area (TPSA) is 126 Å². The molecule has 2 aromatic carbocycles. The van der Waals surface area contributed by atoms with E-state index in [2.05, 4.69) is 6.07 Å². The number of benzene rings is 2. The number of rotatable bonds is 6. The summed E-state index contributed by atoms with van der Waals surface area (Å²) >= 11 is 0. The number of nitro benzene ring substituents is 1. The van der Waals surface area contributed by atoms with Crippen LogP contribution in [0.25, 0.3) is 10.9 Å². The normalized spacial score (nSPS) is 12.8. The fourth-order valence-electron chi connectivity index (χ4n) is 3.59. The summed E-state index contributed by atoms with van der Waals surface area (Å²) in [6.45, 7) is -0.0760. The Kier molecular flexibility index (Phi) is 4.60. The number of ketones is 1. The molecule has 1 aliphatic rings. The van der Waals surface area contributed by atoms with Gasteiger partial charge in [-0.1, -0.05) is 18.2 Å². The van der Waals surface area contributed by atoms with E-state index in [0.29, 0.717) is 17.5 Å². The Hall–Kier alpha value is -4.32. The summed E-state index contributed by atoms with van der Waals surface area (Å²) in [5, 5.41) is 20.5. The van der Waals surface area contributed by atoms with Crippen molar-refractivity contribution in [3.8, 4) is 6.07 Å². The van der Waals surface area contributed by atoms with Crippen LogP contribution in [-0.4, -0.2) is 38.5 Å². The van der Waals surface area contributed by atoms with E-state index in [9.17, 15) is 24.5 Å². The second-order valence-corrected chi connectivity index (χ2v) is 6.77. The maximum Gasteiger partial charge on any atom is 0.270 e. The summed E-state index contributed by atoms with van der Waals surface area (Å²) in [4.78, 5) is 49.3. The molecular formula is C21H14N4O5. The first-order valence-electron chi connectivity index (χ1n) is 9.05. The Balaban J connectivity index is 1.65. The standard InChI is InChI=1S/C21H14N4O5/c22-8-3-9-23-11-17(14-4-1-2-5-18(14)23)19(26)12-24-20(27)15-7-6-13(25(29)30)10-16(15)21(24)28/h1-2,4-7,10-11H,3,9,12H2. The van der Waals surface area contributed by atoms with Gasteiger partial charge in [0.2, 0.25) is 0 Å². The van der Waals surface area contributed by atoms with Gasteiger partial charge >= 0.3 is 0 Å². The van der Waals surface area contributed by atoms with Crippen LogP contribution >= 0.6 is 0 Å². The van der Waals surface area contributed by atoms with Gasteiger partial charge in [-0.05, 0) is 12.1 Å². The number of hydrogen-bond acceptors (Lipinski definition) is 6. The van der Waals surface area contributed by atoms with Crippen LogP contribution in [0.2, 0.25) is 0 Å². The van der Waals surface area contributed by atoms with Crippen molar-refractivity contribution in [2.24, 2.45) is 0 Å². The quantitative estimate of drug-likeness (QED) is 0.270. The summed E-state index contributed by atoms with van der Waals surface area (Å²) in [6.07, 6.45) is 1.89. The number of nitriles is 1. The van der Waals surface area contributed by atoms with Crippen molar-refractivity contribution in [1.82, 2.24) is 9.47 Å². The van der Waals surface area contributed by atoms with Crippen LogP contribution in [0.15, 0.2) is 48.7 Å². The predicted molar refractivity (Wildman–Crippen MR) is 105 cm³/mol. The van der Waals surface area contributed by atoms with Crippen LogP contribution in [0.5, 0.6) is 0 Å². The number of non-ortho nitro benzene ring substituents is 1. The fraction of sp³-hybridized carbons (Fsp3) is 0.143. The molecule has 2 heterocycles. The second kappa shape index (κ2) is 7.25. The number of Topliss-reactive ketones (excluding diaryl/α,β-unsaturated/α-hetero) is 1. The van der Waals surface area contributed by atoms with Gasteiger partial charge in [0, 0.05) is 41.3 Å². The number of nitrogens with zero attached hydrogens (tertiary/aromatic N) is 4. The SMILES string of the molecule is N#CCCn1cc(C(=O)CN2C(=O)c3ccc([N+](=O)[O-])cc3C2=O)c2ccccc21. The second-order valence-electron chi connectivity index (χ2n) is 6.77. The molecule has 1 aromatic heterocycles. The number of aryl methyl sites for hydroxylation is 1. The van der Waals surface area contributed by atoms with Gasteiger partial charge in [0.15, 0.2) is 5.78 Å². The Bertz CT molecular complexity index is 1280. The van der Waals surface area contributed by atoms with E-state index >= 15 is 0 Å². The van der Waals surface area contributed by atoms with Crippen LogP contribution in [0, 0.1) is 21.4 Å². The van der Waals surface area contributed by atoms with Crippen LogP contribution in [-0.2, 0) is 6.54 Å². The lowest BCUT2D eigenvalue weighted by Crippen LogP contribution is -2.34. The maximum absolute atomic E-state index is 13.0. The number of aromatic nitrogens is 1. The minimum Gasteiger partial charge on any atom is -0.346 e. The summed E-state index contributed by atoms with van der Waals surface area (Å²) in [7, 11) is 0. The molecule has 0 saturated carbocycles. The molecule has 3 aromatic rings. The van der Waals surface area contributed by atoms with E-state index in [1.54, 1.807) is 22.9 Å². The van der Waals surface area contributed by atoms with E-state index in [1.807, 2.05) is 12.1 Å². The lowest BCUT2D eigenvalue weighted by molar-refractivity contribution is -0.384. The fourth-order valence-corrected chi connectivity index (χ4v) is 3.59. The molecule has 4 rings (SSSR count). The molecule has 0 aliphatic carbocycles. The summed E-state index contributed by atoms with van der Waals surface area (Å²) in [6, 6.07) is 12.7. The van der Waals surface area contributed by atoms with Crippen molar-refractivity contribution in [1.29, 1.82) is 5.26 Å². The largest absolute Gasteiger partial charge is 0.346 e. The lowest BCUT2D eigenvalue weighted by atomic mass is 10.1. The van der Waals surface area contributed by atoms with Gasteiger partial charge < -0.3 is 4.57 Å². The number of nitro groups is 1. The van der Waals surface area contributed by atoms with E-state index in [1.165, 1.54) is 6.07 Å².